The summed E-state index contributed by atoms with van der Waals surface area (Å²) in [5.41, 5.74) is 3.36. The Morgan fingerprint density at radius 3 is 2.88 bits per heavy atom. The second-order valence-corrected chi connectivity index (χ2v) is 4.82. The van der Waals surface area contributed by atoms with E-state index in [2.05, 4.69) is 58.4 Å². The molecule has 0 spiro atoms. The molecule has 1 heterocycles. The maximum atomic E-state index is 4.52. The Morgan fingerprint density at radius 1 is 1.35 bits per heavy atom. The predicted octanol–water partition coefficient (Wildman–Crippen LogP) is 3.05. The van der Waals surface area contributed by atoms with Gasteiger partial charge >= 0.3 is 0 Å². The predicted molar refractivity (Wildman–Crippen MR) is 73.4 cm³/mol. The zero-order chi connectivity index (χ0) is 12.3. The van der Waals surface area contributed by atoms with E-state index in [9.17, 15) is 0 Å². The standard InChI is InChI=1S/C13H16BrN3/c1-3-15-9-11-6-7-17(16-11)12-5-4-10(2)13(14)8-12/h4-8,15H,3,9H2,1-2H3. The second-order valence-electron chi connectivity index (χ2n) is 3.97. The molecule has 0 radical (unpaired) electrons. The van der Waals surface area contributed by atoms with Gasteiger partial charge in [-0.1, -0.05) is 28.9 Å². The van der Waals surface area contributed by atoms with E-state index in [4.69, 9.17) is 0 Å². The summed E-state index contributed by atoms with van der Waals surface area (Å²) in [6.45, 7) is 5.95. The van der Waals surface area contributed by atoms with E-state index >= 15 is 0 Å². The molecule has 0 aliphatic heterocycles. The SMILES string of the molecule is CCNCc1ccn(-c2ccc(C)c(Br)c2)n1. The van der Waals surface area contributed by atoms with Crippen molar-refractivity contribution in [2.45, 2.75) is 20.4 Å². The third-order valence-electron chi connectivity index (χ3n) is 2.62. The summed E-state index contributed by atoms with van der Waals surface area (Å²) in [7, 11) is 0. The van der Waals surface area contributed by atoms with Crippen LogP contribution in [0.2, 0.25) is 0 Å². The van der Waals surface area contributed by atoms with Gasteiger partial charge in [0.15, 0.2) is 0 Å². The molecular weight excluding hydrogens is 278 g/mol. The molecule has 90 valence electrons. The highest BCUT2D eigenvalue weighted by atomic mass is 79.9. The van der Waals surface area contributed by atoms with Crippen LogP contribution in [0.3, 0.4) is 0 Å². The molecule has 0 bridgehead atoms. The van der Waals surface area contributed by atoms with E-state index in [0.717, 1.165) is 28.9 Å². The number of aromatic nitrogens is 2. The van der Waals surface area contributed by atoms with Crippen LogP contribution in [-0.4, -0.2) is 16.3 Å². The van der Waals surface area contributed by atoms with Crippen LogP contribution < -0.4 is 5.32 Å². The first-order chi connectivity index (χ1) is 8.20. The average Bonchev–Trinajstić information content (AvgIpc) is 2.79. The van der Waals surface area contributed by atoms with E-state index in [0.29, 0.717) is 0 Å². The van der Waals surface area contributed by atoms with Crippen molar-refractivity contribution in [3.63, 3.8) is 0 Å². The van der Waals surface area contributed by atoms with Gasteiger partial charge in [0.1, 0.15) is 0 Å². The summed E-state index contributed by atoms with van der Waals surface area (Å²) < 4.78 is 3.01. The number of nitrogens with zero attached hydrogens (tertiary/aromatic N) is 2. The fourth-order valence-corrected chi connectivity index (χ4v) is 1.94. The van der Waals surface area contributed by atoms with Gasteiger partial charge in [0.25, 0.3) is 0 Å². The first-order valence-corrected chi connectivity index (χ1v) is 6.52. The largest absolute Gasteiger partial charge is 0.311 e. The van der Waals surface area contributed by atoms with Gasteiger partial charge in [-0.2, -0.15) is 5.10 Å². The van der Waals surface area contributed by atoms with Crippen LogP contribution in [-0.2, 0) is 6.54 Å². The summed E-state index contributed by atoms with van der Waals surface area (Å²) in [4.78, 5) is 0. The van der Waals surface area contributed by atoms with Gasteiger partial charge in [-0.25, -0.2) is 4.68 Å². The third-order valence-corrected chi connectivity index (χ3v) is 3.47. The number of hydrogen-bond donors (Lipinski definition) is 1. The Hall–Kier alpha value is -1.13. The summed E-state index contributed by atoms with van der Waals surface area (Å²) >= 11 is 3.54. The zero-order valence-electron chi connectivity index (χ0n) is 10.1. The van der Waals surface area contributed by atoms with E-state index in [1.54, 1.807) is 0 Å². The summed E-state index contributed by atoms with van der Waals surface area (Å²) in [6.07, 6.45) is 1.99. The molecule has 0 atom stereocenters. The minimum atomic E-state index is 0.816. The molecule has 0 amide bonds. The first-order valence-electron chi connectivity index (χ1n) is 5.72. The van der Waals surface area contributed by atoms with Crippen LogP contribution in [0.15, 0.2) is 34.9 Å². The number of aryl methyl sites for hydroxylation is 1. The molecular formula is C13H16BrN3. The highest BCUT2D eigenvalue weighted by molar-refractivity contribution is 9.10. The van der Waals surface area contributed by atoms with Crippen molar-refractivity contribution < 1.29 is 0 Å². The van der Waals surface area contributed by atoms with Crippen LogP contribution >= 0.6 is 15.9 Å². The topological polar surface area (TPSA) is 29.9 Å². The lowest BCUT2D eigenvalue weighted by Crippen LogP contribution is -2.12. The molecule has 0 saturated heterocycles. The van der Waals surface area contributed by atoms with Gasteiger partial charge in [0.05, 0.1) is 11.4 Å². The lowest BCUT2D eigenvalue weighted by atomic mass is 10.2. The number of halogens is 1. The fourth-order valence-electron chi connectivity index (χ4n) is 1.58. The van der Waals surface area contributed by atoms with Crippen LogP contribution in [0, 0.1) is 6.92 Å². The maximum Gasteiger partial charge on any atom is 0.0766 e. The summed E-state index contributed by atoms with van der Waals surface area (Å²) in [5, 5.41) is 7.79. The number of rotatable bonds is 4. The second kappa shape index (κ2) is 5.47. The molecule has 17 heavy (non-hydrogen) atoms. The van der Waals surface area contributed by atoms with Crippen molar-refractivity contribution in [1.82, 2.24) is 15.1 Å². The van der Waals surface area contributed by atoms with E-state index < -0.39 is 0 Å². The molecule has 2 rings (SSSR count). The Balaban J connectivity index is 2.21. The average molecular weight is 294 g/mol. The molecule has 1 N–H and O–H groups in total. The summed E-state index contributed by atoms with van der Waals surface area (Å²) in [5.74, 6) is 0. The Labute approximate surface area is 110 Å². The molecule has 4 heteroatoms. The van der Waals surface area contributed by atoms with Crippen LogP contribution in [0.5, 0.6) is 0 Å². The molecule has 1 aromatic heterocycles. The van der Waals surface area contributed by atoms with E-state index in [1.165, 1.54) is 5.56 Å². The van der Waals surface area contributed by atoms with Crippen molar-refractivity contribution in [3.05, 3.63) is 46.2 Å². The van der Waals surface area contributed by atoms with Gasteiger partial charge in [-0.15, -0.1) is 0 Å². The van der Waals surface area contributed by atoms with Gasteiger partial charge in [0.2, 0.25) is 0 Å². The van der Waals surface area contributed by atoms with Crippen molar-refractivity contribution in [1.29, 1.82) is 0 Å². The Kier molecular flexibility index (Phi) is 3.97. The maximum absolute atomic E-state index is 4.52. The van der Waals surface area contributed by atoms with E-state index in [1.807, 2.05) is 16.9 Å². The highest BCUT2D eigenvalue weighted by Gasteiger charge is 2.02. The minimum Gasteiger partial charge on any atom is -0.311 e. The molecule has 0 aliphatic rings. The molecule has 0 aliphatic carbocycles. The number of hydrogen-bond acceptors (Lipinski definition) is 2. The molecule has 3 nitrogen and oxygen atoms in total. The normalized spacial score (nSPS) is 10.8. The van der Waals surface area contributed by atoms with Gasteiger partial charge < -0.3 is 5.32 Å². The van der Waals surface area contributed by atoms with Crippen molar-refractivity contribution >= 4 is 15.9 Å². The minimum absolute atomic E-state index is 0.816. The smallest absolute Gasteiger partial charge is 0.0766 e. The van der Waals surface area contributed by atoms with Crippen LogP contribution in [0.4, 0.5) is 0 Å². The first kappa shape index (κ1) is 12.3. The highest BCUT2D eigenvalue weighted by Crippen LogP contribution is 2.19. The third kappa shape index (κ3) is 2.96. The lowest BCUT2D eigenvalue weighted by molar-refractivity contribution is 0.696. The van der Waals surface area contributed by atoms with Crippen molar-refractivity contribution in [2.24, 2.45) is 0 Å². The van der Waals surface area contributed by atoms with Gasteiger partial charge in [-0.3, -0.25) is 0 Å². The van der Waals surface area contributed by atoms with Crippen LogP contribution in [0.1, 0.15) is 18.2 Å². The molecule has 2 aromatic rings. The lowest BCUT2D eigenvalue weighted by Gasteiger charge is -2.04. The van der Waals surface area contributed by atoms with E-state index in [-0.39, 0.29) is 0 Å². The Bertz CT molecular complexity index is 505. The zero-order valence-corrected chi connectivity index (χ0v) is 11.7. The Morgan fingerprint density at radius 2 is 2.18 bits per heavy atom. The van der Waals surface area contributed by atoms with Gasteiger partial charge in [-0.05, 0) is 37.2 Å². The fraction of sp³-hybridized carbons (Fsp3) is 0.308. The number of benzene rings is 1. The monoisotopic (exact) mass is 293 g/mol. The quantitative estimate of drug-likeness (QED) is 0.939. The van der Waals surface area contributed by atoms with Crippen molar-refractivity contribution in [2.75, 3.05) is 6.54 Å². The molecule has 0 saturated carbocycles. The summed E-state index contributed by atoms with van der Waals surface area (Å²) in [6, 6.07) is 8.28. The van der Waals surface area contributed by atoms with Crippen molar-refractivity contribution in [3.8, 4) is 5.69 Å². The number of nitrogens with one attached hydrogen (secondary N) is 1. The molecule has 0 fully saturated rings. The molecule has 0 unspecified atom stereocenters. The van der Waals surface area contributed by atoms with Crippen LogP contribution in [0.25, 0.3) is 5.69 Å². The van der Waals surface area contributed by atoms with Gasteiger partial charge in [0, 0.05) is 17.2 Å². The molecule has 1 aromatic carbocycles.